The van der Waals surface area contributed by atoms with Crippen molar-refractivity contribution in [3.63, 3.8) is 0 Å². The maximum Gasteiger partial charge on any atom is 0.240 e. The number of rotatable bonds is 6. The molecule has 0 spiro atoms. The van der Waals surface area contributed by atoms with E-state index in [9.17, 15) is 13.5 Å². The first kappa shape index (κ1) is 15.3. The summed E-state index contributed by atoms with van der Waals surface area (Å²) in [6.45, 7) is 2.22. The highest BCUT2D eigenvalue weighted by molar-refractivity contribution is 7.89. The van der Waals surface area contributed by atoms with Crippen molar-refractivity contribution in [3.8, 4) is 0 Å². The molecule has 0 saturated heterocycles. The molecular formula is C14H22N2O3S. The van der Waals surface area contributed by atoms with Crippen molar-refractivity contribution in [2.24, 2.45) is 0 Å². The molecule has 1 aromatic carbocycles. The lowest BCUT2D eigenvalue weighted by Crippen LogP contribution is -2.38. The minimum Gasteiger partial charge on any atom is -0.394 e. The van der Waals surface area contributed by atoms with E-state index in [4.69, 9.17) is 0 Å². The molecule has 1 aromatic rings. The second-order valence-corrected chi connectivity index (χ2v) is 7.06. The third kappa shape index (κ3) is 3.31. The van der Waals surface area contributed by atoms with Gasteiger partial charge in [0.2, 0.25) is 10.0 Å². The number of sulfonamides is 1. The van der Waals surface area contributed by atoms with Gasteiger partial charge in [-0.2, -0.15) is 0 Å². The van der Waals surface area contributed by atoms with Crippen LogP contribution in [0, 0.1) is 0 Å². The fourth-order valence-corrected chi connectivity index (χ4v) is 3.71. The monoisotopic (exact) mass is 298 g/mol. The molecular weight excluding hydrogens is 276 g/mol. The molecule has 3 N–H and O–H groups in total. The van der Waals surface area contributed by atoms with Crippen LogP contribution >= 0.6 is 0 Å². The summed E-state index contributed by atoms with van der Waals surface area (Å²) in [6, 6.07) is 6.67. The van der Waals surface area contributed by atoms with Crippen molar-refractivity contribution in [2.45, 2.75) is 43.0 Å². The zero-order valence-electron chi connectivity index (χ0n) is 11.7. The van der Waals surface area contributed by atoms with E-state index in [1.54, 1.807) is 31.2 Å². The molecule has 6 heteroatoms. The van der Waals surface area contributed by atoms with Gasteiger partial charge in [0.15, 0.2) is 0 Å². The van der Waals surface area contributed by atoms with E-state index >= 15 is 0 Å². The Balaban J connectivity index is 2.12. The molecule has 0 aromatic heterocycles. The number of nitrogens with one attached hydrogen (secondary N) is 2. The maximum atomic E-state index is 11.8. The van der Waals surface area contributed by atoms with Crippen LogP contribution in [-0.4, -0.2) is 32.2 Å². The summed E-state index contributed by atoms with van der Waals surface area (Å²) in [5.74, 6) is 0. The molecule has 1 aliphatic rings. The van der Waals surface area contributed by atoms with Crippen LogP contribution in [0.15, 0.2) is 29.2 Å². The summed E-state index contributed by atoms with van der Waals surface area (Å²) < 4.78 is 26.1. The van der Waals surface area contributed by atoms with Crippen LogP contribution in [-0.2, 0) is 10.0 Å². The standard InChI is InChI=1S/C14H22N2O3S/c1-2-15-20(18,19)13-7-5-12(6-8-13)16-14(11-17)9-3-4-10-14/h5-8,15-17H,2-4,9-11H2,1H3. The zero-order chi connectivity index (χ0) is 14.6. The van der Waals surface area contributed by atoms with Crippen LogP contribution in [0.3, 0.4) is 0 Å². The van der Waals surface area contributed by atoms with Crippen LogP contribution in [0.5, 0.6) is 0 Å². The normalized spacial score (nSPS) is 18.1. The number of benzene rings is 1. The molecule has 0 bridgehead atoms. The van der Waals surface area contributed by atoms with Gasteiger partial charge in [-0.15, -0.1) is 0 Å². The first-order valence-electron chi connectivity index (χ1n) is 7.00. The predicted molar refractivity (Wildman–Crippen MR) is 79.2 cm³/mol. The van der Waals surface area contributed by atoms with E-state index < -0.39 is 10.0 Å². The summed E-state index contributed by atoms with van der Waals surface area (Å²) in [4.78, 5) is 0.259. The van der Waals surface area contributed by atoms with Gasteiger partial charge >= 0.3 is 0 Å². The van der Waals surface area contributed by atoms with Crippen molar-refractivity contribution in [2.75, 3.05) is 18.5 Å². The summed E-state index contributed by atoms with van der Waals surface area (Å²) in [7, 11) is -3.40. The van der Waals surface area contributed by atoms with E-state index in [1.165, 1.54) is 0 Å². The van der Waals surface area contributed by atoms with Gasteiger partial charge in [0, 0.05) is 12.2 Å². The number of anilines is 1. The van der Waals surface area contributed by atoms with Gasteiger partial charge in [0.1, 0.15) is 0 Å². The highest BCUT2D eigenvalue weighted by Gasteiger charge is 2.32. The number of aliphatic hydroxyl groups is 1. The smallest absolute Gasteiger partial charge is 0.240 e. The SMILES string of the molecule is CCNS(=O)(=O)c1ccc(NC2(CO)CCCC2)cc1. The minimum atomic E-state index is -3.40. The fraction of sp³-hybridized carbons (Fsp3) is 0.571. The molecule has 1 fully saturated rings. The van der Waals surface area contributed by atoms with E-state index in [0.717, 1.165) is 31.4 Å². The predicted octanol–water partition coefficient (Wildman–Crippen LogP) is 1.70. The van der Waals surface area contributed by atoms with Crippen molar-refractivity contribution < 1.29 is 13.5 Å². The third-order valence-electron chi connectivity index (χ3n) is 3.77. The van der Waals surface area contributed by atoms with Gasteiger partial charge in [-0.1, -0.05) is 19.8 Å². The Morgan fingerprint density at radius 2 is 1.80 bits per heavy atom. The van der Waals surface area contributed by atoms with Crippen LogP contribution in [0.2, 0.25) is 0 Å². The molecule has 5 nitrogen and oxygen atoms in total. The lowest BCUT2D eigenvalue weighted by atomic mass is 9.98. The highest BCUT2D eigenvalue weighted by atomic mass is 32.2. The Kier molecular flexibility index (Phi) is 4.67. The van der Waals surface area contributed by atoms with Crippen LogP contribution in [0.4, 0.5) is 5.69 Å². The summed E-state index contributed by atoms with van der Waals surface area (Å²) >= 11 is 0. The minimum absolute atomic E-state index is 0.102. The van der Waals surface area contributed by atoms with E-state index in [2.05, 4.69) is 10.0 Å². The molecule has 0 aliphatic heterocycles. The molecule has 1 aliphatic carbocycles. The Morgan fingerprint density at radius 1 is 1.20 bits per heavy atom. The lowest BCUT2D eigenvalue weighted by molar-refractivity contribution is 0.214. The average Bonchev–Trinajstić information content (AvgIpc) is 2.88. The van der Waals surface area contributed by atoms with Gasteiger partial charge < -0.3 is 10.4 Å². The van der Waals surface area contributed by atoms with Crippen LogP contribution < -0.4 is 10.0 Å². The van der Waals surface area contributed by atoms with Gasteiger partial charge in [0.25, 0.3) is 0 Å². The van der Waals surface area contributed by atoms with Crippen molar-refractivity contribution in [1.29, 1.82) is 0 Å². The Bertz CT molecular complexity index is 534. The molecule has 20 heavy (non-hydrogen) atoms. The molecule has 0 atom stereocenters. The molecule has 0 amide bonds. The topological polar surface area (TPSA) is 78.4 Å². The Morgan fingerprint density at radius 3 is 2.30 bits per heavy atom. The maximum absolute atomic E-state index is 11.8. The van der Waals surface area contributed by atoms with Crippen molar-refractivity contribution in [1.82, 2.24) is 4.72 Å². The highest BCUT2D eigenvalue weighted by Crippen LogP contribution is 2.32. The van der Waals surface area contributed by atoms with Gasteiger partial charge in [-0.25, -0.2) is 13.1 Å². The third-order valence-corrected chi connectivity index (χ3v) is 5.33. The Hall–Kier alpha value is -1.11. The average molecular weight is 298 g/mol. The number of hydrogen-bond donors (Lipinski definition) is 3. The van der Waals surface area contributed by atoms with Gasteiger partial charge in [0.05, 0.1) is 17.0 Å². The number of aliphatic hydroxyl groups excluding tert-OH is 1. The fourth-order valence-electron chi connectivity index (χ4n) is 2.67. The molecule has 0 radical (unpaired) electrons. The summed E-state index contributed by atoms with van der Waals surface area (Å²) in [5.41, 5.74) is 0.596. The van der Waals surface area contributed by atoms with Gasteiger partial charge in [-0.3, -0.25) is 0 Å². The van der Waals surface area contributed by atoms with E-state index in [1.807, 2.05) is 0 Å². The summed E-state index contributed by atoms with van der Waals surface area (Å²) in [6.07, 6.45) is 4.11. The summed E-state index contributed by atoms with van der Waals surface area (Å²) in [5, 5.41) is 12.9. The second kappa shape index (κ2) is 6.11. The second-order valence-electron chi connectivity index (χ2n) is 5.30. The molecule has 0 heterocycles. The van der Waals surface area contributed by atoms with E-state index in [0.29, 0.717) is 6.54 Å². The molecule has 0 unspecified atom stereocenters. The van der Waals surface area contributed by atoms with Crippen LogP contribution in [0.25, 0.3) is 0 Å². The largest absolute Gasteiger partial charge is 0.394 e. The van der Waals surface area contributed by atoms with Gasteiger partial charge in [-0.05, 0) is 37.1 Å². The quantitative estimate of drug-likeness (QED) is 0.747. The van der Waals surface area contributed by atoms with Crippen molar-refractivity contribution in [3.05, 3.63) is 24.3 Å². The van der Waals surface area contributed by atoms with Crippen molar-refractivity contribution >= 4 is 15.7 Å². The first-order valence-corrected chi connectivity index (χ1v) is 8.48. The first-order chi connectivity index (χ1) is 9.51. The zero-order valence-corrected chi connectivity index (χ0v) is 12.5. The molecule has 112 valence electrons. The van der Waals surface area contributed by atoms with E-state index in [-0.39, 0.29) is 17.0 Å². The molecule has 2 rings (SSSR count). The lowest BCUT2D eigenvalue weighted by Gasteiger charge is -2.29. The Labute approximate surface area is 120 Å². The molecule has 1 saturated carbocycles. The number of hydrogen-bond acceptors (Lipinski definition) is 4. The van der Waals surface area contributed by atoms with Crippen LogP contribution in [0.1, 0.15) is 32.6 Å².